The number of benzene rings is 2. The highest BCUT2D eigenvalue weighted by Gasteiger charge is 2.78. The summed E-state index contributed by atoms with van der Waals surface area (Å²) in [5, 5.41) is 35.8. The lowest BCUT2D eigenvalue weighted by atomic mass is 9.44. The summed E-state index contributed by atoms with van der Waals surface area (Å²) >= 11 is 5.75. The van der Waals surface area contributed by atoms with Crippen LogP contribution in [0.25, 0.3) is 6.08 Å². The first-order valence-electron chi connectivity index (χ1n) is 26.9. The fraction of sp³-hybridized carbons (Fsp3) is 0.544. The number of ketones is 1. The average molecular weight is 1170 g/mol. The molecule has 0 spiro atoms. The molecule has 1 saturated heterocycles. The number of carbonyl (C=O) groups excluding carboxylic acids is 10. The number of primary amides is 2. The number of rotatable bonds is 24. The fourth-order valence-corrected chi connectivity index (χ4v) is 11.9. The first-order chi connectivity index (χ1) is 38.5. The Morgan fingerprint density at radius 3 is 2.17 bits per heavy atom. The zero-order valence-electron chi connectivity index (χ0n) is 46.7. The van der Waals surface area contributed by atoms with Gasteiger partial charge in [0.15, 0.2) is 17.5 Å². The molecule has 1 heterocycles. The Morgan fingerprint density at radius 1 is 0.890 bits per heavy atom. The number of nitrogens with one attached hydrogen (secondary N) is 4. The number of carbonyl (C=O) groups is 10. The molecule has 2 bridgehead atoms. The molecule has 3 fully saturated rings. The highest BCUT2D eigenvalue weighted by Crippen LogP contribution is 2.64. The van der Waals surface area contributed by atoms with Gasteiger partial charge in [0.1, 0.15) is 41.8 Å². The molecule has 6 rings (SSSR count). The zero-order valence-corrected chi connectivity index (χ0v) is 47.4. The van der Waals surface area contributed by atoms with E-state index >= 15 is 4.79 Å². The standard InChI is InChI=1S/C57H72ClFN6O17/c1-29-39(78-24-22-42(69)62-23-12-11-15-37(50(60)73)64-44(71)21-19-38(51(61)74)65-52(75)30(2)63-43(70)20-17-33-16-18-35(58)25-36(33)59)27-57(77)49(81-53(76)34-13-9-8-10-14-34)47-55(7,40(68)26-41-56(47,28-79-41)82-32(4)67)48(72)46(80-31(3)66)45(29)54(57,5)6/h8-10,13-14,16-18,20,25,30,37-41,46-47,49,68,77H,11-12,15,19,21-24,26-28H2,1-7H3,(H2,60,73)(H2,61,74)(H,62,69)(H,63,70)(H,64,71)(H,65,75)/b20-17+/t30-,37-,38+,39-,40-,41+,46+,47-,49-,55+,56-,57+/m0/s1. The lowest BCUT2D eigenvalue weighted by Gasteiger charge is -2.67. The van der Waals surface area contributed by atoms with Crippen LogP contribution >= 0.6 is 11.6 Å². The number of Topliss-reactive ketones (excluding diaryl/α,β-unsaturated/α-hetero) is 1. The molecule has 6 amide bonds. The van der Waals surface area contributed by atoms with Crippen LogP contribution in [0.5, 0.6) is 0 Å². The Bertz CT molecular complexity index is 2890. The number of amides is 6. The van der Waals surface area contributed by atoms with Gasteiger partial charge >= 0.3 is 17.9 Å². The van der Waals surface area contributed by atoms with E-state index in [9.17, 15) is 57.8 Å². The molecule has 4 aliphatic rings. The molecular weight excluding hydrogens is 1100 g/mol. The van der Waals surface area contributed by atoms with Crippen LogP contribution in [0.4, 0.5) is 4.39 Å². The van der Waals surface area contributed by atoms with Crippen molar-refractivity contribution in [2.45, 2.75) is 160 Å². The van der Waals surface area contributed by atoms with E-state index in [-0.39, 0.29) is 80.0 Å². The van der Waals surface area contributed by atoms with E-state index in [1.807, 2.05) is 0 Å². The summed E-state index contributed by atoms with van der Waals surface area (Å²) in [7, 11) is 0. The summed E-state index contributed by atoms with van der Waals surface area (Å²) in [6.45, 7) is 9.43. The van der Waals surface area contributed by atoms with Gasteiger partial charge in [0.05, 0.1) is 42.3 Å². The van der Waals surface area contributed by atoms with Crippen molar-refractivity contribution in [2.75, 3.05) is 19.8 Å². The van der Waals surface area contributed by atoms with Gasteiger partial charge in [0.2, 0.25) is 35.4 Å². The van der Waals surface area contributed by atoms with Gasteiger partial charge in [-0.25, -0.2) is 9.18 Å². The van der Waals surface area contributed by atoms with E-state index in [4.69, 9.17) is 46.8 Å². The van der Waals surface area contributed by atoms with Crippen molar-refractivity contribution in [3.05, 3.63) is 87.7 Å². The number of esters is 3. The van der Waals surface area contributed by atoms with Crippen molar-refractivity contribution in [2.24, 2.45) is 28.2 Å². The minimum atomic E-state index is -2.25. The van der Waals surface area contributed by atoms with Crippen LogP contribution < -0.4 is 32.7 Å². The number of nitrogens with two attached hydrogens (primary N) is 2. The Hall–Kier alpha value is -7.12. The number of aliphatic hydroxyl groups excluding tert-OH is 1. The van der Waals surface area contributed by atoms with Gasteiger partial charge in [-0.05, 0) is 87.9 Å². The molecule has 23 nitrogen and oxygen atoms in total. The number of hydrogen-bond acceptors (Lipinski definition) is 17. The maximum atomic E-state index is 15.5. The van der Waals surface area contributed by atoms with E-state index in [2.05, 4.69) is 21.3 Å². The summed E-state index contributed by atoms with van der Waals surface area (Å²) in [6.07, 6.45) is -5.64. The highest BCUT2D eigenvalue weighted by atomic mass is 35.5. The van der Waals surface area contributed by atoms with Crippen molar-refractivity contribution < 1.29 is 86.2 Å². The molecule has 82 heavy (non-hydrogen) atoms. The smallest absolute Gasteiger partial charge is 0.338 e. The maximum absolute atomic E-state index is 15.5. The summed E-state index contributed by atoms with van der Waals surface area (Å²) in [4.78, 5) is 132. The summed E-state index contributed by atoms with van der Waals surface area (Å²) in [5.74, 6) is -10.1. The number of aliphatic hydroxyl groups is 2. The lowest BCUT2D eigenvalue weighted by Crippen LogP contribution is -2.82. The first kappa shape index (κ1) is 64.1. The third-order valence-electron chi connectivity index (χ3n) is 16.2. The summed E-state index contributed by atoms with van der Waals surface area (Å²) in [6, 6.07) is 8.05. The third kappa shape index (κ3) is 13.9. The van der Waals surface area contributed by atoms with Crippen LogP contribution in [-0.4, -0.2) is 149 Å². The molecule has 10 N–H and O–H groups in total. The average Bonchev–Trinajstić information content (AvgIpc) is 0.742. The molecule has 0 unspecified atom stereocenters. The SMILES string of the molecule is CC(=O)O[C@H]1C(=O)[C@@]2(C)[C@H]([C@H](OC(=O)c3ccccc3)[C@]3(O)C[C@H](OCCC(=O)NCCCC[C@H](NC(=O)CC[C@@H](NC(=O)[C@H](C)NC(=O)/C=C/c4ccc(Cl)cc4F)C(N)=O)C(N)=O)C(C)=C1C3(C)C)[C@]1(OC(C)=O)CO[C@@H]1C[C@@H]2O. The predicted octanol–water partition coefficient (Wildman–Crippen LogP) is 2.08. The highest BCUT2D eigenvalue weighted by molar-refractivity contribution is 6.30. The number of hydrogen-bond donors (Lipinski definition) is 8. The largest absolute Gasteiger partial charge is 0.455 e. The van der Waals surface area contributed by atoms with Gasteiger partial charge < -0.3 is 66.6 Å². The van der Waals surface area contributed by atoms with Crippen molar-refractivity contribution in [1.29, 1.82) is 0 Å². The van der Waals surface area contributed by atoms with Gasteiger partial charge in [-0.1, -0.05) is 49.7 Å². The van der Waals surface area contributed by atoms with Crippen LogP contribution in [0.15, 0.2) is 65.8 Å². The number of fused-ring (bicyclic) bond motifs is 5. The molecule has 0 aromatic heterocycles. The molecule has 2 saturated carbocycles. The fourth-order valence-electron chi connectivity index (χ4n) is 11.7. The minimum Gasteiger partial charge on any atom is -0.455 e. The molecular formula is C57H72ClFN6O17. The molecule has 446 valence electrons. The van der Waals surface area contributed by atoms with E-state index in [0.717, 1.165) is 26.0 Å². The Kier molecular flexibility index (Phi) is 20.6. The second-order valence-electron chi connectivity index (χ2n) is 22.0. The van der Waals surface area contributed by atoms with E-state index in [1.165, 1.54) is 44.2 Å². The molecule has 1 aliphatic heterocycles. The monoisotopic (exact) mass is 1170 g/mol. The van der Waals surface area contributed by atoms with Gasteiger partial charge in [0.25, 0.3) is 0 Å². The van der Waals surface area contributed by atoms with Crippen LogP contribution in [0.1, 0.15) is 116 Å². The minimum absolute atomic E-state index is 0.0639. The van der Waals surface area contributed by atoms with Crippen molar-refractivity contribution in [3.63, 3.8) is 0 Å². The van der Waals surface area contributed by atoms with Crippen LogP contribution in [-0.2, 0) is 66.8 Å². The molecule has 2 aromatic rings. The molecule has 25 heteroatoms. The molecule has 3 aliphatic carbocycles. The van der Waals surface area contributed by atoms with Gasteiger partial charge in [0, 0.05) is 68.2 Å². The second kappa shape index (κ2) is 26.4. The predicted molar refractivity (Wildman–Crippen MR) is 289 cm³/mol. The number of halogens is 2. The molecule has 0 radical (unpaired) electrons. The topological polar surface area (TPSA) is 357 Å². The second-order valence-corrected chi connectivity index (χ2v) is 22.4. The Balaban J connectivity index is 1.06. The van der Waals surface area contributed by atoms with Gasteiger partial charge in [-0.3, -0.25) is 43.2 Å². The van der Waals surface area contributed by atoms with Crippen LogP contribution in [0.3, 0.4) is 0 Å². The molecule has 2 aromatic carbocycles. The van der Waals surface area contributed by atoms with Gasteiger partial charge in [-0.2, -0.15) is 0 Å². The zero-order chi connectivity index (χ0) is 60.6. The quantitative estimate of drug-likeness (QED) is 0.0245. The normalized spacial score (nSPS) is 27.3. The Morgan fingerprint density at radius 2 is 1.56 bits per heavy atom. The third-order valence-corrected chi connectivity index (χ3v) is 16.4. The lowest BCUT2D eigenvalue weighted by molar-refractivity contribution is -0.346. The van der Waals surface area contributed by atoms with E-state index in [0.29, 0.717) is 18.4 Å². The maximum Gasteiger partial charge on any atom is 0.338 e. The van der Waals surface area contributed by atoms with Crippen molar-refractivity contribution in [1.82, 2.24) is 21.3 Å². The van der Waals surface area contributed by atoms with Crippen molar-refractivity contribution in [3.8, 4) is 0 Å². The Labute approximate surface area is 478 Å². The van der Waals surface area contributed by atoms with Gasteiger partial charge in [-0.15, -0.1) is 0 Å². The van der Waals surface area contributed by atoms with Crippen LogP contribution in [0.2, 0.25) is 5.02 Å². The summed E-state index contributed by atoms with van der Waals surface area (Å²) in [5.41, 5.74) is 4.14. The number of unbranched alkanes of at least 4 members (excludes halogenated alkanes) is 1. The van der Waals surface area contributed by atoms with E-state index in [1.54, 1.807) is 39.0 Å². The first-order valence-corrected chi connectivity index (χ1v) is 27.3. The number of ether oxygens (including phenoxy) is 5. The molecule has 12 atom stereocenters. The van der Waals surface area contributed by atoms with E-state index < -0.39 is 142 Å². The van der Waals surface area contributed by atoms with Crippen LogP contribution in [0, 0.1) is 22.6 Å². The summed E-state index contributed by atoms with van der Waals surface area (Å²) < 4.78 is 44.7. The van der Waals surface area contributed by atoms with Crippen molar-refractivity contribution >= 4 is 76.8 Å².